The Kier molecular flexibility index (Phi) is 1.07. The normalized spacial score (nSPS) is 29.4. The van der Waals surface area contributed by atoms with Crippen molar-refractivity contribution < 1.29 is 0 Å². The van der Waals surface area contributed by atoms with Crippen molar-refractivity contribution in [1.29, 1.82) is 0 Å². The van der Waals surface area contributed by atoms with Crippen LogP contribution >= 0.6 is 0 Å². The second kappa shape index (κ2) is 1.99. The molecule has 1 heterocycles. The number of fused-ring (bicyclic) bond motifs is 3. The van der Waals surface area contributed by atoms with Gasteiger partial charge >= 0.3 is 0 Å². The van der Waals surface area contributed by atoms with Crippen LogP contribution in [0, 0.1) is 6.92 Å². The average Bonchev–Trinajstić information content (AvgIpc) is 2.82. The maximum Gasteiger partial charge on any atom is 0.0526 e. The van der Waals surface area contributed by atoms with E-state index in [-0.39, 0.29) is 0 Å². The van der Waals surface area contributed by atoms with Crippen LogP contribution < -0.4 is 5.32 Å². The Morgan fingerprint density at radius 2 is 2.25 bits per heavy atom. The molecule has 1 heteroatoms. The molecule has 1 aliphatic heterocycles. The molecule has 2 unspecified atom stereocenters. The summed E-state index contributed by atoms with van der Waals surface area (Å²) in [7, 11) is 0. The Bertz CT molecular complexity index is 365. The molecule has 1 aromatic rings. The summed E-state index contributed by atoms with van der Waals surface area (Å²) < 4.78 is 0. The number of aryl methyl sites for hydroxylation is 1. The summed E-state index contributed by atoms with van der Waals surface area (Å²) in [5.41, 5.74) is 4.31. The first-order valence-corrected chi connectivity index (χ1v) is 4.40. The van der Waals surface area contributed by atoms with Gasteiger partial charge in [-0.25, -0.2) is 0 Å². The maximum atomic E-state index is 3.44. The topological polar surface area (TPSA) is 21.9 Å². The predicted octanol–water partition coefficient (Wildman–Crippen LogP) is 2.03. The van der Waals surface area contributed by atoms with Crippen molar-refractivity contribution in [3.8, 4) is 0 Å². The molecule has 12 heavy (non-hydrogen) atoms. The lowest BCUT2D eigenvalue weighted by atomic mass is 9.93. The summed E-state index contributed by atoms with van der Waals surface area (Å²) in [4.78, 5) is 0. The zero-order valence-electron chi connectivity index (χ0n) is 7.04. The van der Waals surface area contributed by atoms with Crippen molar-refractivity contribution in [1.82, 2.24) is 5.32 Å². The molecular weight excluding hydrogens is 146 g/mol. The van der Waals surface area contributed by atoms with Crippen molar-refractivity contribution in [2.75, 3.05) is 0 Å². The number of hydrogen-bond acceptors (Lipinski definition) is 1. The summed E-state index contributed by atoms with van der Waals surface area (Å²) in [6.07, 6.45) is 4.48. The molecule has 60 valence electrons. The van der Waals surface area contributed by atoms with Gasteiger partial charge in [-0.2, -0.15) is 0 Å². The highest BCUT2D eigenvalue weighted by Crippen LogP contribution is 2.39. The Hall–Kier alpha value is -1.08. The molecule has 3 rings (SSSR count). The first-order valence-electron chi connectivity index (χ1n) is 4.40. The van der Waals surface area contributed by atoms with Gasteiger partial charge in [-0.3, -0.25) is 0 Å². The van der Waals surface area contributed by atoms with Gasteiger partial charge in [0.25, 0.3) is 0 Å². The Morgan fingerprint density at radius 1 is 1.33 bits per heavy atom. The highest BCUT2D eigenvalue weighted by atomic mass is 15.1. The van der Waals surface area contributed by atoms with E-state index in [1.807, 2.05) is 0 Å². The molecule has 1 nitrogen and oxygen atoms in total. The fourth-order valence-electron chi connectivity index (χ4n) is 2.06. The van der Waals surface area contributed by atoms with Gasteiger partial charge in [0.15, 0.2) is 0 Å². The first-order chi connectivity index (χ1) is 5.86. The van der Waals surface area contributed by atoms with E-state index in [1.165, 1.54) is 16.7 Å². The van der Waals surface area contributed by atoms with Gasteiger partial charge in [0.2, 0.25) is 0 Å². The Morgan fingerprint density at radius 3 is 3.17 bits per heavy atom. The number of benzene rings is 1. The minimum absolute atomic E-state index is 0.617. The van der Waals surface area contributed by atoms with Gasteiger partial charge in [0.05, 0.1) is 6.04 Å². The van der Waals surface area contributed by atoms with E-state index in [9.17, 15) is 0 Å². The van der Waals surface area contributed by atoms with Crippen LogP contribution in [-0.4, -0.2) is 6.04 Å². The Balaban J connectivity index is 2.27. The van der Waals surface area contributed by atoms with Gasteiger partial charge in [-0.05, 0) is 23.6 Å². The molecular formula is C11H11N. The maximum absolute atomic E-state index is 3.44. The number of hydrogen-bond donors (Lipinski definition) is 1. The summed E-state index contributed by atoms with van der Waals surface area (Å²) in [6, 6.07) is 7.75. The standard InChI is InChI=1S/C11H11N/c1-7-3-2-4-8-5-6-9-11(12-9)10(7)8/h2-6,9,11-12H,1H3. The van der Waals surface area contributed by atoms with Gasteiger partial charge in [0.1, 0.15) is 0 Å². The Labute approximate surface area is 72.1 Å². The molecule has 2 aliphatic rings. The molecule has 0 bridgehead atoms. The van der Waals surface area contributed by atoms with Crippen molar-refractivity contribution in [2.45, 2.75) is 19.0 Å². The molecule has 1 aliphatic carbocycles. The third-order valence-corrected chi connectivity index (χ3v) is 2.77. The van der Waals surface area contributed by atoms with Crippen molar-refractivity contribution in [3.63, 3.8) is 0 Å². The second-order valence-corrected chi connectivity index (χ2v) is 3.61. The van der Waals surface area contributed by atoms with Crippen LogP contribution in [0.15, 0.2) is 24.3 Å². The van der Waals surface area contributed by atoms with Gasteiger partial charge < -0.3 is 5.32 Å². The first kappa shape index (κ1) is 6.44. The fourth-order valence-corrected chi connectivity index (χ4v) is 2.06. The van der Waals surface area contributed by atoms with Crippen molar-refractivity contribution >= 4 is 6.08 Å². The van der Waals surface area contributed by atoms with Crippen LogP contribution in [0.2, 0.25) is 0 Å². The van der Waals surface area contributed by atoms with E-state index in [0.29, 0.717) is 12.1 Å². The lowest BCUT2D eigenvalue weighted by Gasteiger charge is -2.10. The lowest BCUT2D eigenvalue weighted by molar-refractivity contribution is 1.03. The quantitative estimate of drug-likeness (QED) is 0.572. The summed E-state index contributed by atoms with van der Waals surface area (Å²) in [6.45, 7) is 2.19. The average molecular weight is 157 g/mol. The molecule has 0 radical (unpaired) electrons. The van der Waals surface area contributed by atoms with Crippen LogP contribution in [0.5, 0.6) is 0 Å². The van der Waals surface area contributed by atoms with Crippen LogP contribution in [0.4, 0.5) is 0 Å². The molecule has 0 spiro atoms. The summed E-state index contributed by atoms with van der Waals surface area (Å²) in [5, 5.41) is 3.44. The van der Waals surface area contributed by atoms with E-state index in [0.717, 1.165) is 0 Å². The number of rotatable bonds is 0. The minimum Gasteiger partial charge on any atom is -0.300 e. The van der Waals surface area contributed by atoms with E-state index < -0.39 is 0 Å². The van der Waals surface area contributed by atoms with E-state index in [2.05, 4.69) is 42.6 Å². The molecule has 1 N–H and O–H groups in total. The van der Waals surface area contributed by atoms with E-state index in [1.54, 1.807) is 0 Å². The summed E-state index contributed by atoms with van der Waals surface area (Å²) >= 11 is 0. The second-order valence-electron chi connectivity index (χ2n) is 3.61. The molecule has 1 saturated heterocycles. The van der Waals surface area contributed by atoms with Crippen molar-refractivity contribution in [2.24, 2.45) is 0 Å². The number of nitrogens with one attached hydrogen (secondary N) is 1. The van der Waals surface area contributed by atoms with Crippen LogP contribution in [0.1, 0.15) is 22.7 Å². The SMILES string of the molecule is Cc1cccc2c1C1NC1C=C2. The fraction of sp³-hybridized carbons (Fsp3) is 0.273. The third kappa shape index (κ3) is 0.718. The monoisotopic (exact) mass is 157 g/mol. The highest BCUT2D eigenvalue weighted by molar-refractivity contribution is 5.63. The molecule has 1 fully saturated rings. The van der Waals surface area contributed by atoms with E-state index >= 15 is 0 Å². The van der Waals surface area contributed by atoms with Crippen LogP contribution in [0.3, 0.4) is 0 Å². The van der Waals surface area contributed by atoms with Gasteiger partial charge in [-0.15, -0.1) is 0 Å². The van der Waals surface area contributed by atoms with Gasteiger partial charge in [0, 0.05) is 6.04 Å². The predicted molar refractivity (Wildman–Crippen MR) is 49.9 cm³/mol. The van der Waals surface area contributed by atoms with E-state index in [4.69, 9.17) is 0 Å². The molecule has 0 saturated carbocycles. The minimum atomic E-state index is 0.617. The highest BCUT2D eigenvalue weighted by Gasteiger charge is 2.39. The smallest absolute Gasteiger partial charge is 0.0526 e. The molecule has 0 aromatic heterocycles. The van der Waals surface area contributed by atoms with Crippen LogP contribution in [0.25, 0.3) is 6.08 Å². The zero-order valence-corrected chi connectivity index (χ0v) is 7.04. The molecule has 0 amide bonds. The molecule has 2 atom stereocenters. The lowest BCUT2D eigenvalue weighted by Crippen LogP contribution is -1.97. The third-order valence-electron chi connectivity index (χ3n) is 2.77. The van der Waals surface area contributed by atoms with Crippen molar-refractivity contribution in [3.05, 3.63) is 41.0 Å². The van der Waals surface area contributed by atoms with Crippen LogP contribution in [-0.2, 0) is 0 Å². The molecule has 1 aromatic carbocycles. The summed E-state index contributed by atoms with van der Waals surface area (Å²) in [5.74, 6) is 0. The largest absolute Gasteiger partial charge is 0.300 e. The van der Waals surface area contributed by atoms with Gasteiger partial charge in [-0.1, -0.05) is 30.4 Å². The zero-order chi connectivity index (χ0) is 8.13.